The maximum absolute atomic E-state index is 12.6. The van der Waals surface area contributed by atoms with E-state index >= 15 is 0 Å². The van der Waals surface area contributed by atoms with Crippen LogP contribution in [0.2, 0.25) is 0 Å². The predicted octanol–water partition coefficient (Wildman–Crippen LogP) is 9.07. The number of nitrogens with zero attached hydrogens (tertiary/aromatic N) is 1. The molecule has 0 fully saturated rings. The number of ether oxygens (including phenoxy) is 3. The van der Waals surface area contributed by atoms with Gasteiger partial charge < -0.3 is 23.8 Å². The fourth-order valence-corrected chi connectivity index (χ4v) is 4.82. The number of allylic oxidation sites excluding steroid dienone is 10. The summed E-state index contributed by atoms with van der Waals surface area (Å²) in [6.07, 6.45) is 35.8. The van der Waals surface area contributed by atoms with Crippen molar-refractivity contribution in [2.75, 3.05) is 41.0 Å². The number of carboxylic acids is 1. The number of hydrogen-bond donors (Lipinski definition) is 1. The van der Waals surface area contributed by atoms with Gasteiger partial charge in [-0.3, -0.25) is 9.59 Å². The quantitative estimate of drug-likeness (QED) is 0.0339. The molecule has 0 saturated carbocycles. The highest BCUT2D eigenvalue weighted by Crippen LogP contribution is 2.11. The van der Waals surface area contributed by atoms with Gasteiger partial charge >= 0.3 is 17.9 Å². The molecule has 2 unspecified atom stereocenters. The summed E-state index contributed by atoms with van der Waals surface area (Å²) in [7, 11) is 5.48. The van der Waals surface area contributed by atoms with Crippen molar-refractivity contribution in [2.45, 2.75) is 135 Å². The number of aliphatic carboxylic acids is 1. The van der Waals surface area contributed by atoms with Gasteiger partial charge in [-0.05, 0) is 57.8 Å². The number of carbonyl (C=O) groups is 3. The zero-order valence-electron chi connectivity index (χ0n) is 30.9. The topological polar surface area (TPSA) is 99.1 Å². The normalized spacial score (nSPS) is 13.8. The number of quaternary nitrogens is 1. The number of carboxylic acid groups (broad SMARTS) is 1. The standard InChI is InChI=1S/C40H67NO7/c1-6-8-10-12-13-14-15-16-17-18-19-20-21-22-23-24-25-27-29-31-39(43)48-36(35-47-38(42)30-28-26-11-9-7-2)34-46-33-32-37(40(44)45)41(3,4)5/h8,10,13-14,16-17,19-20,22-23,36-37H,6-7,9,11-12,15,18,21,24-35H2,1-5H3/p+1/b10-8-,14-13-,17-16-,20-19-,23-22-. The Bertz CT molecular complexity index is 975. The van der Waals surface area contributed by atoms with Crippen molar-refractivity contribution in [1.29, 1.82) is 0 Å². The van der Waals surface area contributed by atoms with E-state index in [1.807, 2.05) is 21.1 Å². The third-order valence-electron chi connectivity index (χ3n) is 7.68. The predicted molar refractivity (Wildman–Crippen MR) is 197 cm³/mol. The number of carbonyl (C=O) groups excluding carboxylic acids is 2. The maximum atomic E-state index is 12.6. The minimum Gasteiger partial charge on any atom is -0.477 e. The van der Waals surface area contributed by atoms with Gasteiger partial charge in [0.2, 0.25) is 0 Å². The minimum absolute atomic E-state index is 0.0447. The van der Waals surface area contributed by atoms with Crippen LogP contribution in [-0.2, 0) is 28.6 Å². The maximum Gasteiger partial charge on any atom is 0.362 e. The molecule has 0 saturated heterocycles. The lowest BCUT2D eigenvalue weighted by atomic mass is 10.1. The molecule has 0 aromatic rings. The lowest BCUT2D eigenvalue weighted by Gasteiger charge is -2.31. The van der Waals surface area contributed by atoms with Crippen molar-refractivity contribution in [1.82, 2.24) is 0 Å². The molecule has 1 N–H and O–H groups in total. The van der Waals surface area contributed by atoms with Gasteiger partial charge in [0.05, 0.1) is 34.4 Å². The number of esters is 2. The molecular weight excluding hydrogens is 606 g/mol. The Balaban J connectivity index is 4.39. The summed E-state index contributed by atoms with van der Waals surface area (Å²) in [5, 5.41) is 9.54. The van der Waals surface area contributed by atoms with Crippen molar-refractivity contribution in [3.63, 3.8) is 0 Å². The van der Waals surface area contributed by atoms with Crippen LogP contribution >= 0.6 is 0 Å². The van der Waals surface area contributed by atoms with Gasteiger partial charge in [-0.2, -0.15) is 0 Å². The molecule has 8 heteroatoms. The van der Waals surface area contributed by atoms with Crippen LogP contribution in [0.15, 0.2) is 60.8 Å². The molecule has 2 atom stereocenters. The highest BCUT2D eigenvalue weighted by Gasteiger charge is 2.31. The van der Waals surface area contributed by atoms with Crippen LogP contribution in [0.5, 0.6) is 0 Å². The lowest BCUT2D eigenvalue weighted by molar-refractivity contribution is -0.887. The van der Waals surface area contributed by atoms with Crippen LogP contribution in [-0.4, -0.2) is 80.6 Å². The van der Waals surface area contributed by atoms with Crippen LogP contribution in [0, 0.1) is 0 Å². The van der Waals surface area contributed by atoms with Gasteiger partial charge in [0.1, 0.15) is 6.61 Å². The average Bonchev–Trinajstić information content (AvgIpc) is 3.03. The molecule has 8 nitrogen and oxygen atoms in total. The van der Waals surface area contributed by atoms with Crippen LogP contribution in [0.25, 0.3) is 0 Å². The molecule has 0 aliphatic heterocycles. The molecule has 0 aromatic heterocycles. The fourth-order valence-electron chi connectivity index (χ4n) is 4.82. The first-order valence-corrected chi connectivity index (χ1v) is 18.3. The second-order valence-corrected chi connectivity index (χ2v) is 13.1. The van der Waals surface area contributed by atoms with E-state index in [0.717, 1.165) is 89.9 Å². The van der Waals surface area contributed by atoms with Crippen molar-refractivity contribution in [3.8, 4) is 0 Å². The number of hydrogen-bond acceptors (Lipinski definition) is 6. The van der Waals surface area contributed by atoms with E-state index in [1.165, 1.54) is 0 Å². The summed E-state index contributed by atoms with van der Waals surface area (Å²) < 4.78 is 17.0. The van der Waals surface area contributed by atoms with Crippen molar-refractivity contribution >= 4 is 17.9 Å². The summed E-state index contributed by atoms with van der Waals surface area (Å²) in [4.78, 5) is 36.5. The van der Waals surface area contributed by atoms with E-state index in [2.05, 4.69) is 74.6 Å². The third-order valence-corrected chi connectivity index (χ3v) is 7.68. The van der Waals surface area contributed by atoms with E-state index in [-0.39, 0.29) is 42.7 Å². The van der Waals surface area contributed by atoms with E-state index in [0.29, 0.717) is 12.8 Å². The summed E-state index contributed by atoms with van der Waals surface area (Å²) >= 11 is 0. The molecule has 274 valence electrons. The molecule has 0 radical (unpaired) electrons. The molecule has 0 rings (SSSR count). The Morgan fingerprint density at radius 2 is 1.17 bits per heavy atom. The van der Waals surface area contributed by atoms with Crippen molar-refractivity contribution in [2.24, 2.45) is 0 Å². The summed E-state index contributed by atoms with van der Waals surface area (Å²) in [5.74, 6) is -1.54. The molecule has 0 aromatic carbocycles. The smallest absolute Gasteiger partial charge is 0.362 e. The first-order valence-electron chi connectivity index (χ1n) is 18.3. The zero-order valence-corrected chi connectivity index (χ0v) is 30.9. The van der Waals surface area contributed by atoms with Crippen LogP contribution < -0.4 is 0 Å². The fraction of sp³-hybridized carbons (Fsp3) is 0.675. The second-order valence-electron chi connectivity index (χ2n) is 13.1. The molecule has 48 heavy (non-hydrogen) atoms. The Kier molecular flexibility index (Phi) is 29.4. The molecule has 0 heterocycles. The monoisotopic (exact) mass is 674 g/mol. The molecule has 0 amide bonds. The van der Waals surface area contributed by atoms with Gasteiger partial charge in [0, 0.05) is 19.3 Å². The van der Waals surface area contributed by atoms with Gasteiger partial charge in [-0.1, -0.05) is 107 Å². The molecule has 0 aliphatic rings. The average molecular weight is 675 g/mol. The first kappa shape index (κ1) is 45.0. The Labute approximate surface area is 292 Å². The zero-order chi connectivity index (χ0) is 35.7. The van der Waals surface area contributed by atoms with Crippen molar-refractivity contribution in [3.05, 3.63) is 60.8 Å². The second kappa shape index (κ2) is 31.3. The largest absolute Gasteiger partial charge is 0.477 e. The van der Waals surface area contributed by atoms with E-state index < -0.39 is 18.1 Å². The number of likely N-dealkylation sites (N-methyl/N-ethyl adjacent to an activating group) is 1. The van der Waals surface area contributed by atoms with Gasteiger partial charge in [-0.15, -0.1) is 0 Å². The summed E-state index contributed by atoms with van der Waals surface area (Å²) in [5.41, 5.74) is 0. The highest BCUT2D eigenvalue weighted by molar-refractivity contribution is 5.72. The molecule has 0 aliphatic carbocycles. The van der Waals surface area contributed by atoms with Gasteiger partial charge in [0.25, 0.3) is 0 Å². The lowest BCUT2D eigenvalue weighted by Crippen LogP contribution is -2.50. The van der Waals surface area contributed by atoms with E-state index in [9.17, 15) is 19.5 Å². The van der Waals surface area contributed by atoms with Crippen LogP contribution in [0.3, 0.4) is 0 Å². The van der Waals surface area contributed by atoms with E-state index in [1.54, 1.807) is 0 Å². The van der Waals surface area contributed by atoms with E-state index in [4.69, 9.17) is 14.2 Å². The Morgan fingerprint density at radius 1 is 0.646 bits per heavy atom. The summed E-state index contributed by atoms with van der Waals surface area (Å²) in [6, 6.07) is -0.619. The molecule has 0 bridgehead atoms. The highest BCUT2D eigenvalue weighted by atomic mass is 16.6. The van der Waals surface area contributed by atoms with Crippen LogP contribution in [0.4, 0.5) is 0 Å². The van der Waals surface area contributed by atoms with Crippen LogP contribution in [0.1, 0.15) is 123 Å². The SMILES string of the molecule is CC/C=C\C/C=C\C/C=C\C/C=C\C/C=C\CCCCCC(=O)OC(COCCC(C(=O)O)[N+](C)(C)C)COC(=O)CCCCCCC. The minimum atomic E-state index is -0.886. The number of unbranched alkanes of at least 4 members (excludes halogenated alkanes) is 7. The Hall–Kier alpha value is -2.97. The number of rotatable bonds is 31. The molecule has 0 spiro atoms. The first-order chi connectivity index (χ1) is 23.1. The molecular formula is C40H68NO7+. The van der Waals surface area contributed by atoms with Gasteiger partial charge in [-0.25, -0.2) is 4.79 Å². The third kappa shape index (κ3) is 29.2. The summed E-state index contributed by atoms with van der Waals surface area (Å²) in [6.45, 7) is 4.47. The van der Waals surface area contributed by atoms with Gasteiger partial charge in [0.15, 0.2) is 12.1 Å². The van der Waals surface area contributed by atoms with Crippen molar-refractivity contribution < 1.29 is 38.2 Å². The Morgan fingerprint density at radius 3 is 1.71 bits per heavy atom.